The van der Waals surface area contributed by atoms with Gasteiger partial charge in [-0.1, -0.05) is 61.7 Å². The molecule has 1 spiro atoms. The minimum Gasteiger partial charge on any atom is -0.323 e. The molecule has 1 saturated carbocycles. The first-order valence-corrected chi connectivity index (χ1v) is 11.8. The third kappa shape index (κ3) is 3.51. The number of para-hydroxylation sites is 1. The number of anilines is 1. The zero-order chi connectivity index (χ0) is 21.4. The minimum absolute atomic E-state index is 0.155. The van der Waals surface area contributed by atoms with Gasteiger partial charge in [0.05, 0.1) is 11.7 Å². The van der Waals surface area contributed by atoms with E-state index in [2.05, 4.69) is 5.32 Å². The fourth-order valence-corrected chi connectivity index (χ4v) is 6.11. The molecule has 1 atom stereocenters. The molecule has 31 heavy (non-hydrogen) atoms. The molecular formula is C24H25N3O3S. The van der Waals surface area contributed by atoms with Gasteiger partial charge in [-0.15, -0.1) is 11.8 Å². The largest absolute Gasteiger partial charge is 0.325 e. The lowest BCUT2D eigenvalue weighted by atomic mass is 9.82. The van der Waals surface area contributed by atoms with Gasteiger partial charge in [0.2, 0.25) is 5.91 Å². The summed E-state index contributed by atoms with van der Waals surface area (Å²) in [5, 5.41) is 2.90. The van der Waals surface area contributed by atoms with Gasteiger partial charge in [-0.25, -0.2) is 4.79 Å². The van der Waals surface area contributed by atoms with Gasteiger partial charge in [0.25, 0.3) is 5.91 Å². The second-order valence-electron chi connectivity index (χ2n) is 8.43. The van der Waals surface area contributed by atoms with E-state index in [9.17, 15) is 14.4 Å². The molecule has 2 fully saturated rings. The molecule has 6 nitrogen and oxygen atoms in total. The van der Waals surface area contributed by atoms with Gasteiger partial charge >= 0.3 is 6.03 Å². The zero-order valence-electron chi connectivity index (χ0n) is 17.3. The smallest absolute Gasteiger partial charge is 0.323 e. The minimum atomic E-state index is -0.815. The fraction of sp³-hybridized carbons (Fsp3) is 0.375. The predicted octanol–water partition coefficient (Wildman–Crippen LogP) is 4.12. The molecule has 160 valence electrons. The van der Waals surface area contributed by atoms with Crippen molar-refractivity contribution in [2.24, 2.45) is 0 Å². The maximum atomic E-state index is 13.6. The first-order chi connectivity index (χ1) is 15.1. The van der Waals surface area contributed by atoms with E-state index in [4.69, 9.17) is 0 Å². The van der Waals surface area contributed by atoms with E-state index >= 15 is 0 Å². The summed E-state index contributed by atoms with van der Waals surface area (Å²) < 4.78 is 0. The molecule has 0 unspecified atom stereocenters. The Morgan fingerprint density at radius 1 is 1.00 bits per heavy atom. The van der Waals surface area contributed by atoms with Gasteiger partial charge in [0.15, 0.2) is 0 Å². The molecule has 1 N–H and O–H groups in total. The summed E-state index contributed by atoms with van der Waals surface area (Å²) in [6.07, 6.45) is 4.21. The lowest BCUT2D eigenvalue weighted by Gasteiger charge is -2.37. The number of nitrogens with one attached hydrogen (secondary N) is 1. The third-order valence-corrected chi connectivity index (χ3v) is 7.67. The third-order valence-electron chi connectivity index (χ3n) is 6.53. The van der Waals surface area contributed by atoms with E-state index < -0.39 is 11.6 Å². The monoisotopic (exact) mass is 435 g/mol. The number of imide groups is 1. The number of nitrogens with zero attached hydrogens (tertiary/aromatic N) is 2. The van der Waals surface area contributed by atoms with Gasteiger partial charge < -0.3 is 10.2 Å². The lowest BCUT2D eigenvalue weighted by molar-refractivity contribution is -0.135. The van der Waals surface area contributed by atoms with Crippen LogP contribution in [-0.2, 0) is 9.59 Å². The second-order valence-corrected chi connectivity index (χ2v) is 9.50. The highest BCUT2D eigenvalue weighted by molar-refractivity contribution is 7.99. The fourth-order valence-electron chi connectivity index (χ4n) is 4.94. The summed E-state index contributed by atoms with van der Waals surface area (Å²) in [7, 11) is 0. The van der Waals surface area contributed by atoms with Crippen molar-refractivity contribution >= 4 is 35.3 Å². The Hall–Kier alpha value is -2.80. The van der Waals surface area contributed by atoms with Crippen molar-refractivity contribution in [3.05, 3.63) is 60.2 Å². The summed E-state index contributed by atoms with van der Waals surface area (Å²) in [6.45, 7) is -0.241. The number of hydrogen-bond donors (Lipinski definition) is 1. The van der Waals surface area contributed by atoms with Crippen molar-refractivity contribution in [2.75, 3.05) is 17.2 Å². The first-order valence-electron chi connectivity index (χ1n) is 10.8. The molecule has 0 bridgehead atoms. The van der Waals surface area contributed by atoms with Crippen molar-refractivity contribution in [3.63, 3.8) is 0 Å². The quantitative estimate of drug-likeness (QED) is 0.737. The molecule has 1 aliphatic carbocycles. The van der Waals surface area contributed by atoms with Crippen molar-refractivity contribution in [1.29, 1.82) is 0 Å². The molecule has 2 heterocycles. The van der Waals surface area contributed by atoms with Crippen LogP contribution >= 0.6 is 11.8 Å². The van der Waals surface area contributed by atoms with Gasteiger partial charge in [-0.3, -0.25) is 14.5 Å². The molecule has 2 aromatic carbocycles. The summed E-state index contributed by atoms with van der Waals surface area (Å²) in [5.41, 5.74) is 1.06. The highest BCUT2D eigenvalue weighted by atomic mass is 32.2. The number of rotatable bonds is 3. The number of benzene rings is 2. The summed E-state index contributed by atoms with van der Waals surface area (Å²) in [5.74, 6) is 0.232. The van der Waals surface area contributed by atoms with Crippen LogP contribution < -0.4 is 10.2 Å². The highest BCUT2D eigenvalue weighted by Gasteiger charge is 2.52. The second kappa shape index (κ2) is 8.04. The Morgan fingerprint density at radius 2 is 1.71 bits per heavy atom. The summed E-state index contributed by atoms with van der Waals surface area (Å²) in [6, 6.07) is 17.1. The van der Waals surface area contributed by atoms with Crippen molar-refractivity contribution in [1.82, 2.24) is 10.2 Å². The van der Waals surface area contributed by atoms with Crippen molar-refractivity contribution < 1.29 is 14.4 Å². The van der Waals surface area contributed by atoms with Gasteiger partial charge in [0.1, 0.15) is 12.1 Å². The van der Waals surface area contributed by atoms with Crippen molar-refractivity contribution in [3.8, 4) is 0 Å². The standard InChI is InChI=1S/C24H25N3O3S/c28-21(15-26-22(29)24(25-23(26)30)13-7-2-8-14-24)27-18-11-5-6-12-20(18)31-16-19(27)17-9-3-1-4-10-17/h1,3-6,9-12,19H,2,7-8,13-16H2,(H,25,30)/t19-/m1/s1. The number of fused-ring (bicyclic) bond motifs is 1. The number of amides is 4. The van der Waals surface area contributed by atoms with Gasteiger partial charge in [-0.2, -0.15) is 0 Å². The Bertz CT molecular complexity index is 1020. The lowest BCUT2D eigenvalue weighted by Crippen LogP contribution is -2.49. The SMILES string of the molecule is O=C1NC2(CCCCC2)C(=O)N1CC(=O)N1c2ccccc2SC[C@@H]1c1ccccc1. The topological polar surface area (TPSA) is 69.7 Å². The summed E-state index contributed by atoms with van der Waals surface area (Å²) >= 11 is 1.72. The highest BCUT2D eigenvalue weighted by Crippen LogP contribution is 2.43. The van der Waals surface area contributed by atoms with Crippen LogP contribution in [0.15, 0.2) is 59.5 Å². The number of hydrogen-bond acceptors (Lipinski definition) is 4. The molecule has 2 aromatic rings. The van der Waals surface area contributed by atoms with Gasteiger partial charge in [0, 0.05) is 10.6 Å². The Kier molecular flexibility index (Phi) is 5.22. The molecule has 2 aliphatic heterocycles. The number of carbonyl (C=O) groups excluding carboxylic acids is 3. The van der Waals surface area contributed by atoms with E-state index in [-0.39, 0.29) is 24.4 Å². The molecule has 1 saturated heterocycles. The van der Waals surface area contributed by atoms with Crippen LogP contribution in [0.1, 0.15) is 43.7 Å². The van der Waals surface area contributed by atoms with Crippen LogP contribution in [0.3, 0.4) is 0 Å². The Balaban J connectivity index is 1.45. The predicted molar refractivity (Wildman–Crippen MR) is 120 cm³/mol. The first kappa shape index (κ1) is 20.1. The van der Waals surface area contributed by atoms with Crippen LogP contribution in [-0.4, -0.2) is 40.6 Å². The molecule has 3 aliphatic rings. The van der Waals surface area contributed by atoms with E-state index in [1.165, 1.54) is 0 Å². The molecule has 4 amide bonds. The number of carbonyl (C=O) groups is 3. The Morgan fingerprint density at radius 3 is 2.48 bits per heavy atom. The zero-order valence-corrected chi connectivity index (χ0v) is 18.1. The van der Waals surface area contributed by atoms with Crippen LogP contribution in [0.5, 0.6) is 0 Å². The van der Waals surface area contributed by atoms with Crippen molar-refractivity contribution in [2.45, 2.75) is 48.6 Å². The maximum absolute atomic E-state index is 13.6. The Labute approximate surface area is 186 Å². The van der Waals surface area contributed by atoms with Crippen LogP contribution in [0.4, 0.5) is 10.5 Å². The van der Waals surface area contributed by atoms with Crippen LogP contribution in [0.25, 0.3) is 0 Å². The maximum Gasteiger partial charge on any atom is 0.325 e. The normalized spacial score (nSPS) is 22.4. The van der Waals surface area contributed by atoms with Crippen LogP contribution in [0, 0.1) is 0 Å². The van der Waals surface area contributed by atoms with E-state index in [1.54, 1.807) is 16.7 Å². The van der Waals surface area contributed by atoms with E-state index in [0.717, 1.165) is 46.1 Å². The molecule has 0 aromatic heterocycles. The average molecular weight is 436 g/mol. The molecule has 7 heteroatoms. The van der Waals surface area contributed by atoms with E-state index in [1.807, 2.05) is 54.6 Å². The molecule has 5 rings (SSSR count). The molecular weight excluding hydrogens is 410 g/mol. The van der Waals surface area contributed by atoms with E-state index in [0.29, 0.717) is 12.8 Å². The molecule has 0 radical (unpaired) electrons. The summed E-state index contributed by atoms with van der Waals surface area (Å²) in [4.78, 5) is 43.4. The van der Waals surface area contributed by atoms with Crippen LogP contribution in [0.2, 0.25) is 0 Å². The number of urea groups is 1. The van der Waals surface area contributed by atoms with Gasteiger partial charge in [-0.05, 0) is 30.5 Å². The average Bonchev–Trinajstić information content (AvgIpc) is 3.03. The number of thioether (sulfide) groups is 1.